The number of benzene rings is 6. The number of hydrogen-bond acceptors (Lipinski definition) is 0. The Morgan fingerprint density at radius 2 is 1.27 bits per heavy atom. The normalized spacial score (nSPS) is 19.1. The van der Waals surface area contributed by atoms with Crippen LogP contribution in [0.2, 0.25) is 0 Å². The fourth-order valence-electron chi connectivity index (χ4n) is 10.1. The van der Waals surface area contributed by atoms with Crippen molar-refractivity contribution in [2.75, 3.05) is 0 Å². The second-order valence-corrected chi connectivity index (χ2v) is 14.8. The van der Waals surface area contributed by atoms with E-state index in [9.17, 15) is 0 Å². The van der Waals surface area contributed by atoms with Crippen LogP contribution in [0.4, 0.5) is 0 Å². The van der Waals surface area contributed by atoms with Crippen molar-refractivity contribution in [3.05, 3.63) is 178 Å². The highest BCUT2D eigenvalue weighted by atomic mass is 15.0. The zero-order valence-electron chi connectivity index (χ0n) is 27.6. The highest BCUT2D eigenvalue weighted by molar-refractivity contribution is 6.13. The molecule has 1 aliphatic heterocycles. The van der Waals surface area contributed by atoms with E-state index in [1.165, 1.54) is 99.8 Å². The monoisotopic (exact) mass is 613 g/mol. The highest BCUT2D eigenvalue weighted by Gasteiger charge is 2.51. The summed E-state index contributed by atoms with van der Waals surface area (Å²) in [4.78, 5) is 0. The molecule has 1 nitrogen and oxygen atoms in total. The zero-order valence-corrected chi connectivity index (χ0v) is 27.6. The van der Waals surface area contributed by atoms with E-state index in [1.54, 1.807) is 0 Å². The summed E-state index contributed by atoms with van der Waals surface area (Å²) in [6.07, 6.45) is 7.03. The summed E-state index contributed by atoms with van der Waals surface area (Å²) < 4.78 is 2.54. The molecule has 4 aliphatic rings. The zero-order chi connectivity index (χ0) is 31.9. The molecule has 2 heterocycles. The minimum atomic E-state index is -0.387. The summed E-state index contributed by atoms with van der Waals surface area (Å²) in [5.41, 5.74) is 21.6. The van der Waals surface area contributed by atoms with E-state index < -0.39 is 0 Å². The van der Waals surface area contributed by atoms with Gasteiger partial charge in [-0.2, -0.15) is 0 Å². The van der Waals surface area contributed by atoms with Crippen molar-refractivity contribution >= 4 is 27.4 Å². The van der Waals surface area contributed by atoms with Crippen LogP contribution < -0.4 is 0 Å². The maximum atomic E-state index is 2.55. The van der Waals surface area contributed by atoms with Gasteiger partial charge in [0.1, 0.15) is 0 Å². The van der Waals surface area contributed by atoms with Crippen molar-refractivity contribution in [2.45, 2.75) is 44.4 Å². The second-order valence-electron chi connectivity index (χ2n) is 14.8. The van der Waals surface area contributed by atoms with Crippen molar-refractivity contribution in [2.24, 2.45) is 0 Å². The molecule has 11 rings (SSSR count). The predicted molar refractivity (Wildman–Crippen MR) is 200 cm³/mol. The number of allylic oxidation sites excluding steroid dienone is 4. The van der Waals surface area contributed by atoms with Crippen molar-refractivity contribution in [1.82, 2.24) is 4.57 Å². The molecule has 0 amide bonds. The number of rotatable bonds is 1. The lowest BCUT2D eigenvalue weighted by Gasteiger charge is -2.40. The lowest BCUT2D eigenvalue weighted by Crippen LogP contribution is -2.34. The molecule has 7 aromatic rings. The first kappa shape index (κ1) is 26.6. The van der Waals surface area contributed by atoms with Crippen LogP contribution in [-0.2, 0) is 10.8 Å². The number of hydrogen-bond donors (Lipinski definition) is 0. The Kier molecular flexibility index (Phi) is 4.96. The molecule has 1 heteroatoms. The van der Waals surface area contributed by atoms with Gasteiger partial charge in [0.15, 0.2) is 0 Å². The van der Waals surface area contributed by atoms with Crippen molar-refractivity contribution in [3.63, 3.8) is 0 Å². The van der Waals surface area contributed by atoms with Crippen molar-refractivity contribution in [3.8, 4) is 27.9 Å². The summed E-state index contributed by atoms with van der Waals surface area (Å²) in [5, 5.41) is 2.65. The maximum absolute atomic E-state index is 2.55. The minimum absolute atomic E-state index is 0.0402. The van der Waals surface area contributed by atoms with E-state index in [1.807, 2.05) is 0 Å². The Balaban J connectivity index is 1.21. The molecule has 0 bridgehead atoms. The molecule has 1 spiro atoms. The Morgan fingerprint density at radius 3 is 2.15 bits per heavy atom. The molecule has 1 aromatic heterocycles. The molecule has 0 saturated heterocycles. The predicted octanol–water partition coefficient (Wildman–Crippen LogP) is 11.8. The summed E-state index contributed by atoms with van der Waals surface area (Å²) in [6.45, 7) is 6.99. The van der Waals surface area contributed by atoms with Gasteiger partial charge < -0.3 is 4.57 Å². The average Bonchev–Trinajstić information content (AvgIpc) is 3.69. The first-order valence-corrected chi connectivity index (χ1v) is 17.4. The van der Waals surface area contributed by atoms with Gasteiger partial charge in [0, 0.05) is 16.2 Å². The van der Waals surface area contributed by atoms with Gasteiger partial charge in [-0.3, -0.25) is 0 Å². The van der Waals surface area contributed by atoms with Gasteiger partial charge in [0.2, 0.25) is 0 Å². The standard InChI is InChI=1S/C47H35N/c1-28-19-22-32-33-23-20-29(26-41(33)46(2,3)40(32)25-28)30-21-24-34-31-11-4-6-14-37(31)47(42(34)27-30)38-15-7-9-18-44(38)48-43-17-8-5-12-35(43)36-13-10-16-39(47)45(36)48/h5-10,12-27H,4,11H2,1-3H3. The molecule has 0 fully saturated rings. The van der Waals surface area contributed by atoms with Crippen LogP contribution >= 0.6 is 0 Å². The average molecular weight is 614 g/mol. The van der Waals surface area contributed by atoms with Crippen LogP contribution in [0.5, 0.6) is 0 Å². The Hall–Kier alpha value is -5.40. The molecule has 0 radical (unpaired) electrons. The minimum Gasteiger partial charge on any atom is -0.309 e. The molecule has 0 N–H and O–H groups in total. The van der Waals surface area contributed by atoms with Crippen molar-refractivity contribution in [1.29, 1.82) is 0 Å². The van der Waals surface area contributed by atoms with Crippen LogP contribution in [0.1, 0.15) is 65.6 Å². The lowest BCUT2D eigenvalue weighted by molar-refractivity contribution is 0.660. The molecule has 48 heavy (non-hydrogen) atoms. The third-order valence-corrected chi connectivity index (χ3v) is 12.1. The van der Waals surface area contributed by atoms with E-state index in [2.05, 4.69) is 159 Å². The highest BCUT2D eigenvalue weighted by Crippen LogP contribution is 2.62. The van der Waals surface area contributed by atoms with E-state index in [0.29, 0.717) is 0 Å². The van der Waals surface area contributed by atoms with Gasteiger partial charge >= 0.3 is 0 Å². The smallest absolute Gasteiger partial charge is 0.0751 e. The SMILES string of the molecule is Cc1ccc2c(c1)C(C)(C)c1cc(-c3ccc4c(c3)C3(C5=C4CCC=C5)c4ccccc4-n4c5ccccc5c5cccc3c54)ccc1-2. The summed E-state index contributed by atoms with van der Waals surface area (Å²) in [7, 11) is 0. The number of para-hydroxylation sites is 3. The van der Waals surface area contributed by atoms with Crippen LogP contribution in [-0.4, -0.2) is 4.57 Å². The fourth-order valence-corrected chi connectivity index (χ4v) is 10.1. The number of fused-ring (bicyclic) bond motifs is 14. The summed E-state index contributed by atoms with van der Waals surface area (Å²) in [5.74, 6) is 0. The van der Waals surface area contributed by atoms with Gasteiger partial charge in [-0.15, -0.1) is 0 Å². The molecule has 6 aromatic carbocycles. The van der Waals surface area contributed by atoms with Crippen LogP contribution in [0.25, 0.3) is 55.3 Å². The first-order chi connectivity index (χ1) is 23.5. The third kappa shape index (κ3) is 3.04. The van der Waals surface area contributed by atoms with E-state index in [0.717, 1.165) is 12.8 Å². The van der Waals surface area contributed by atoms with Gasteiger partial charge in [-0.05, 0) is 111 Å². The fraction of sp³-hybridized carbons (Fsp3) is 0.149. The Bertz CT molecular complexity index is 2650. The van der Waals surface area contributed by atoms with Gasteiger partial charge in [-0.25, -0.2) is 0 Å². The van der Waals surface area contributed by atoms with E-state index >= 15 is 0 Å². The molecule has 3 aliphatic carbocycles. The molecule has 228 valence electrons. The lowest BCUT2D eigenvalue weighted by atomic mass is 9.64. The van der Waals surface area contributed by atoms with Crippen LogP contribution in [0, 0.1) is 6.92 Å². The largest absolute Gasteiger partial charge is 0.309 e. The number of aromatic nitrogens is 1. The second kappa shape index (κ2) is 8.94. The maximum Gasteiger partial charge on any atom is 0.0751 e. The van der Waals surface area contributed by atoms with Gasteiger partial charge in [0.25, 0.3) is 0 Å². The van der Waals surface area contributed by atoms with Gasteiger partial charge in [0.05, 0.1) is 22.1 Å². The van der Waals surface area contributed by atoms with E-state index in [-0.39, 0.29) is 10.8 Å². The van der Waals surface area contributed by atoms with Crippen LogP contribution in [0.3, 0.4) is 0 Å². The van der Waals surface area contributed by atoms with Gasteiger partial charge in [-0.1, -0.05) is 129 Å². The topological polar surface area (TPSA) is 4.93 Å². The Labute approximate surface area is 281 Å². The first-order valence-electron chi connectivity index (χ1n) is 17.4. The molecular formula is C47H35N. The summed E-state index contributed by atoms with van der Waals surface area (Å²) in [6, 6.07) is 46.7. The molecule has 1 unspecified atom stereocenters. The van der Waals surface area contributed by atoms with E-state index in [4.69, 9.17) is 0 Å². The summed E-state index contributed by atoms with van der Waals surface area (Å²) >= 11 is 0. The molecule has 0 saturated carbocycles. The molecular weight excluding hydrogens is 579 g/mol. The Morgan fingerprint density at radius 1 is 0.583 bits per heavy atom. The quantitative estimate of drug-likeness (QED) is 0.174. The number of aryl methyl sites for hydroxylation is 1. The third-order valence-electron chi connectivity index (χ3n) is 12.1. The number of nitrogens with zero attached hydrogens (tertiary/aromatic N) is 1. The molecule has 1 atom stereocenters. The van der Waals surface area contributed by atoms with Crippen LogP contribution in [0.15, 0.2) is 139 Å². The van der Waals surface area contributed by atoms with Crippen molar-refractivity contribution < 1.29 is 0 Å².